The van der Waals surface area contributed by atoms with E-state index in [0.717, 1.165) is 35.5 Å². The first-order valence-corrected chi connectivity index (χ1v) is 4.82. The molecule has 3 rings (SSSR count). The Bertz CT molecular complexity index is 394. The summed E-state index contributed by atoms with van der Waals surface area (Å²) in [6, 6.07) is 3.85. The van der Waals surface area contributed by atoms with E-state index in [1.165, 1.54) is 0 Å². The van der Waals surface area contributed by atoms with E-state index in [1.54, 1.807) is 0 Å². The van der Waals surface area contributed by atoms with Gasteiger partial charge in [-0.3, -0.25) is 0 Å². The molecule has 0 radical (unpaired) electrons. The third-order valence-electron chi connectivity index (χ3n) is 2.94. The van der Waals surface area contributed by atoms with Gasteiger partial charge in [-0.05, 0) is 43.0 Å². The fourth-order valence-corrected chi connectivity index (χ4v) is 1.93. The Labute approximate surface area is 82.3 Å². The molecule has 0 unspecified atom stereocenters. The second kappa shape index (κ2) is 2.42. The highest BCUT2D eigenvalue weighted by atomic mass is 16.7. The molecule has 1 aliphatic carbocycles. The van der Waals surface area contributed by atoms with Gasteiger partial charge in [-0.25, -0.2) is 0 Å². The number of hydrogen-bond acceptors (Lipinski definition) is 3. The third-order valence-corrected chi connectivity index (χ3v) is 2.94. The van der Waals surface area contributed by atoms with Crippen LogP contribution in [0.15, 0.2) is 12.1 Å². The Morgan fingerprint density at radius 1 is 1.21 bits per heavy atom. The Balaban J connectivity index is 2.13. The van der Waals surface area contributed by atoms with Gasteiger partial charge < -0.3 is 14.6 Å². The zero-order valence-electron chi connectivity index (χ0n) is 8.04. The number of hydrogen-bond donors (Lipinski definition) is 1. The van der Waals surface area contributed by atoms with Gasteiger partial charge in [0, 0.05) is 0 Å². The number of aryl methyl sites for hydroxylation is 1. The van der Waals surface area contributed by atoms with Gasteiger partial charge in [-0.2, -0.15) is 0 Å². The monoisotopic (exact) mass is 192 g/mol. The van der Waals surface area contributed by atoms with Gasteiger partial charge in [0.15, 0.2) is 11.5 Å². The maximum Gasteiger partial charge on any atom is 0.231 e. The van der Waals surface area contributed by atoms with Gasteiger partial charge in [0.05, 0.1) is 5.60 Å². The Hall–Kier alpha value is -1.22. The average Bonchev–Trinajstić information content (AvgIpc) is 2.75. The topological polar surface area (TPSA) is 38.7 Å². The summed E-state index contributed by atoms with van der Waals surface area (Å²) in [5.41, 5.74) is 1.47. The second-order valence-electron chi connectivity index (χ2n) is 4.05. The van der Waals surface area contributed by atoms with Crippen LogP contribution in [-0.4, -0.2) is 11.9 Å². The van der Waals surface area contributed by atoms with Crippen molar-refractivity contribution in [1.29, 1.82) is 0 Å². The quantitative estimate of drug-likeness (QED) is 0.736. The molecule has 3 nitrogen and oxygen atoms in total. The Morgan fingerprint density at radius 2 is 1.86 bits per heavy atom. The fourth-order valence-electron chi connectivity index (χ4n) is 1.93. The lowest BCUT2D eigenvalue weighted by atomic mass is 10.0. The van der Waals surface area contributed by atoms with Crippen LogP contribution in [0.5, 0.6) is 11.5 Å². The molecule has 2 aliphatic rings. The summed E-state index contributed by atoms with van der Waals surface area (Å²) < 4.78 is 10.5. The van der Waals surface area contributed by atoms with E-state index in [9.17, 15) is 5.11 Å². The van der Waals surface area contributed by atoms with Crippen molar-refractivity contribution in [2.24, 2.45) is 0 Å². The maximum atomic E-state index is 10.0. The van der Waals surface area contributed by atoms with Gasteiger partial charge in [0.2, 0.25) is 6.79 Å². The van der Waals surface area contributed by atoms with Crippen molar-refractivity contribution in [2.45, 2.75) is 25.4 Å². The van der Waals surface area contributed by atoms with Crippen LogP contribution < -0.4 is 9.47 Å². The van der Waals surface area contributed by atoms with E-state index in [2.05, 4.69) is 0 Å². The van der Waals surface area contributed by atoms with Crippen LogP contribution in [0.1, 0.15) is 24.0 Å². The van der Waals surface area contributed by atoms with Crippen molar-refractivity contribution in [3.63, 3.8) is 0 Å². The smallest absolute Gasteiger partial charge is 0.231 e. The first-order valence-electron chi connectivity index (χ1n) is 4.82. The lowest BCUT2D eigenvalue weighted by molar-refractivity contribution is 0.150. The summed E-state index contributed by atoms with van der Waals surface area (Å²) in [7, 11) is 0. The van der Waals surface area contributed by atoms with Crippen LogP contribution in [0.25, 0.3) is 0 Å². The van der Waals surface area contributed by atoms with E-state index in [0.29, 0.717) is 0 Å². The Morgan fingerprint density at radius 3 is 2.50 bits per heavy atom. The zero-order valence-corrected chi connectivity index (χ0v) is 8.04. The molecular formula is C11H12O3. The number of fused-ring (bicyclic) bond motifs is 1. The van der Waals surface area contributed by atoms with Crippen LogP contribution >= 0.6 is 0 Å². The molecule has 1 N–H and O–H groups in total. The van der Waals surface area contributed by atoms with Crippen molar-refractivity contribution in [3.8, 4) is 11.5 Å². The molecule has 1 aromatic rings. The maximum absolute atomic E-state index is 10.0. The third kappa shape index (κ3) is 1.02. The van der Waals surface area contributed by atoms with Crippen LogP contribution in [0, 0.1) is 6.92 Å². The van der Waals surface area contributed by atoms with E-state index >= 15 is 0 Å². The Kier molecular flexibility index (Phi) is 1.40. The predicted octanol–water partition coefficient (Wildman–Crippen LogP) is 1.71. The predicted molar refractivity (Wildman–Crippen MR) is 50.4 cm³/mol. The van der Waals surface area contributed by atoms with E-state index in [-0.39, 0.29) is 6.79 Å². The van der Waals surface area contributed by atoms with Crippen LogP contribution in [-0.2, 0) is 5.60 Å². The van der Waals surface area contributed by atoms with Crippen molar-refractivity contribution < 1.29 is 14.6 Å². The van der Waals surface area contributed by atoms with Gasteiger partial charge >= 0.3 is 0 Å². The summed E-state index contributed by atoms with van der Waals surface area (Å²) in [6.07, 6.45) is 1.71. The molecule has 1 saturated carbocycles. The van der Waals surface area contributed by atoms with Gasteiger partial charge in [0.25, 0.3) is 0 Å². The molecule has 14 heavy (non-hydrogen) atoms. The summed E-state index contributed by atoms with van der Waals surface area (Å²) in [6.45, 7) is 2.28. The lowest BCUT2D eigenvalue weighted by Crippen LogP contribution is -2.06. The minimum atomic E-state index is -0.592. The molecule has 0 amide bonds. The average molecular weight is 192 g/mol. The van der Waals surface area contributed by atoms with Gasteiger partial charge in [0.1, 0.15) is 0 Å². The summed E-state index contributed by atoms with van der Waals surface area (Å²) >= 11 is 0. The zero-order chi connectivity index (χ0) is 9.76. The number of rotatable bonds is 1. The molecule has 74 valence electrons. The van der Waals surface area contributed by atoms with E-state index in [1.807, 2.05) is 19.1 Å². The summed E-state index contributed by atoms with van der Waals surface area (Å²) in [5, 5.41) is 10.0. The van der Waals surface area contributed by atoms with Crippen molar-refractivity contribution in [2.75, 3.05) is 6.79 Å². The minimum absolute atomic E-state index is 0.288. The first kappa shape index (κ1) is 8.12. The number of benzene rings is 1. The molecule has 0 aromatic heterocycles. The van der Waals surface area contributed by atoms with Gasteiger partial charge in [-0.1, -0.05) is 0 Å². The molecule has 1 aliphatic heterocycles. The minimum Gasteiger partial charge on any atom is -0.454 e. The molecule has 0 bridgehead atoms. The number of aliphatic hydroxyl groups is 1. The largest absolute Gasteiger partial charge is 0.454 e. The van der Waals surface area contributed by atoms with Crippen molar-refractivity contribution in [1.82, 2.24) is 0 Å². The van der Waals surface area contributed by atoms with Crippen LogP contribution in [0.4, 0.5) is 0 Å². The summed E-state index contributed by atoms with van der Waals surface area (Å²) in [4.78, 5) is 0. The number of ether oxygens (including phenoxy) is 2. The second-order valence-corrected chi connectivity index (χ2v) is 4.05. The normalized spacial score (nSPS) is 21.0. The molecule has 1 aromatic carbocycles. The highest BCUT2D eigenvalue weighted by Crippen LogP contribution is 2.49. The molecule has 1 heterocycles. The molecular weight excluding hydrogens is 180 g/mol. The highest BCUT2D eigenvalue weighted by Gasteiger charge is 2.43. The highest BCUT2D eigenvalue weighted by molar-refractivity contribution is 5.51. The lowest BCUT2D eigenvalue weighted by Gasteiger charge is -2.12. The molecule has 0 spiro atoms. The molecule has 3 heteroatoms. The SMILES string of the molecule is Cc1cc2c(cc1C1(O)CC1)OCO2. The van der Waals surface area contributed by atoms with E-state index < -0.39 is 5.60 Å². The van der Waals surface area contributed by atoms with Crippen LogP contribution in [0.2, 0.25) is 0 Å². The molecule has 0 atom stereocenters. The first-order chi connectivity index (χ1) is 6.69. The van der Waals surface area contributed by atoms with Crippen LogP contribution in [0.3, 0.4) is 0 Å². The molecule has 1 fully saturated rings. The van der Waals surface area contributed by atoms with Crippen molar-refractivity contribution in [3.05, 3.63) is 23.3 Å². The standard InChI is InChI=1S/C11H12O3/c1-7-4-9-10(14-6-13-9)5-8(7)11(12)2-3-11/h4-5,12H,2-3,6H2,1H3. The van der Waals surface area contributed by atoms with Gasteiger partial charge in [-0.15, -0.1) is 0 Å². The molecule has 0 saturated heterocycles. The van der Waals surface area contributed by atoms with E-state index in [4.69, 9.17) is 9.47 Å². The fraction of sp³-hybridized carbons (Fsp3) is 0.455. The van der Waals surface area contributed by atoms with Crippen molar-refractivity contribution >= 4 is 0 Å². The summed E-state index contributed by atoms with van der Waals surface area (Å²) in [5.74, 6) is 1.54.